The number of anilines is 1. The summed E-state index contributed by atoms with van der Waals surface area (Å²) in [7, 11) is 5.62. The Bertz CT molecular complexity index is 834. The third kappa shape index (κ3) is 4.30. The van der Waals surface area contributed by atoms with E-state index in [0.29, 0.717) is 11.7 Å². The molecule has 2 heterocycles. The van der Waals surface area contributed by atoms with Crippen molar-refractivity contribution in [3.63, 3.8) is 0 Å². The van der Waals surface area contributed by atoms with Crippen LogP contribution in [0.15, 0.2) is 35.7 Å². The van der Waals surface area contributed by atoms with Crippen LogP contribution in [-0.4, -0.2) is 50.1 Å². The minimum atomic E-state index is -0.00938. The largest absolute Gasteiger partial charge is 0.494 e. The second-order valence-electron chi connectivity index (χ2n) is 5.54. The maximum atomic E-state index is 12.9. The number of thiophene rings is 1. The minimum absolute atomic E-state index is 0. The molecular weight excluding hydrogens is 378 g/mol. The summed E-state index contributed by atoms with van der Waals surface area (Å²) < 4.78 is 6.40. The van der Waals surface area contributed by atoms with Gasteiger partial charge in [-0.25, -0.2) is 4.98 Å². The lowest BCUT2D eigenvalue weighted by molar-refractivity contribution is 0.0989. The van der Waals surface area contributed by atoms with Gasteiger partial charge in [-0.3, -0.25) is 9.69 Å². The van der Waals surface area contributed by atoms with Crippen molar-refractivity contribution in [2.45, 2.75) is 0 Å². The van der Waals surface area contributed by atoms with Crippen LogP contribution >= 0.6 is 35.1 Å². The predicted molar refractivity (Wildman–Crippen MR) is 108 cm³/mol. The Balaban J connectivity index is 0.00000225. The van der Waals surface area contributed by atoms with Crippen LogP contribution in [0.5, 0.6) is 5.75 Å². The number of aromatic nitrogens is 1. The summed E-state index contributed by atoms with van der Waals surface area (Å²) in [6.45, 7) is 1.36. The molecule has 0 bridgehead atoms. The fourth-order valence-corrected chi connectivity index (χ4v) is 3.99. The van der Waals surface area contributed by atoms with Crippen LogP contribution in [-0.2, 0) is 0 Å². The molecule has 0 aliphatic carbocycles. The number of likely N-dealkylation sites (N-methyl/N-ethyl adjacent to an activating group) is 1. The van der Waals surface area contributed by atoms with Crippen LogP contribution in [0.4, 0.5) is 5.13 Å². The minimum Gasteiger partial charge on any atom is -0.494 e. The predicted octanol–water partition coefficient (Wildman–Crippen LogP) is 4.00. The number of fused-ring (bicyclic) bond motifs is 1. The number of halogens is 1. The molecule has 8 heteroatoms. The number of para-hydroxylation sites is 1. The lowest BCUT2D eigenvalue weighted by Crippen LogP contribution is -2.36. The molecule has 3 rings (SSSR count). The summed E-state index contributed by atoms with van der Waals surface area (Å²) in [5, 5.41) is 2.62. The average molecular weight is 398 g/mol. The molecule has 1 aromatic carbocycles. The molecule has 5 nitrogen and oxygen atoms in total. The monoisotopic (exact) mass is 397 g/mol. The zero-order chi connectivity index (χ0) is 17.1. The number of methoxy groups -OCH3 is 1. The summed E-state index contributed by atoms with van der Waals surface area (Å²) >= 11 is 2.96. The molecule has 134 valence electrons. The van der Waals surface area contributed by atoms with Gasteiger partial charge in [-0.15, -0.1) is 23.7 Å². The fraction of sp³-hybridized carbons (Fsp3) is 0.294. The number of benzene rings is 1. The van der Waals surface area contributed by atoms with E-state index in [2.05, 4.69) is 9.88 Å². The molecule has 0 aliphatic rings. The molecule has 3 aromatic rings. The number of carbonyl (C=O) groups excluding carboxylic acids is 1. The SMILES string of the molecule is COc1cccc2sc(N(CCN(C)C)C(=O)c3cccs3)nc12.Cl. The van der Waals surface area contributed by atoms with Crippen LogP contribution in [0.1, 0.15) is 9.67 Å². The van der Waals surface area contributed by atoms with E-state index in [-0.39, 0.29) is 18.3 Å². The summed E-state index contributed by atoms with van der Waals surface area (Å²) in [4.78, 5) is 22.1. The molecule has 0 radical (unpaired) electrons. The van der Waals surface area contributed by atoms with Gasteiger partial charge in [-0.05, 0) is 37.7 Å². The highest BCUT2D eigenvalue weighted by Crippen LogP contribution is 2.34. The molecule has 0 spiro atoms. The molecular formula is C17H20ClN3O2S2. The standard InChI is InChI=1S/C17H19N3O2S2.ClH/c1-19(2)9-10-20(16(21)14-8-5-11-23-14)17-18-15-12(22-3)6-4-7-13(15)24-17;/h4-8,11H,9-10H2,1-3H3;1H. The van der Waals surface area contributed by atoms with E-state index >= 15 is 0 Å². The summed E-state index contributed by atoms with van der Waals surface area (Å²) in [6, 6.07) is 9.57. The zero-order valence-electron chi connectivity index (χ0n) is 14.3. The second-order valence-corrected chi connectivity index (χ2v) is 7.50. The highest BCUT2D eigenvalue weighted by Gasteiger charge is 2.22. The summed E-state index contributed by atoms with van der Waals surface area (Å²) in [5.41, 5.74) is 0.800. The molecule has 0 N–H and O–H groups in total. The van der Waals surface area contributed by atoms with Crippen LogP contribution in [0.2, 0.25) is 0 Å². The Hall–Kier alpha value is -1.67. The van der Waals surface area contributed by atoms with Gasteiger partial charge in [0.05, 0.1) is 16.7 Å². The van der Waals surface area contributed by atoms with Crippen molar-refractivity contribution in [3.05, 3.63) is 40.6 Å². The second kappa shape index (κ2) is 8.62. The van der Waals surface area contributed by atoms with Crippen LogP contribution in [0.25, 0.3) is 10.2 Å². The van der Waals surface area contributed by atoms with E-state index in [1.807, 2.05) is 49.8 Å². The van der Waals surface area contributed by atoms with Gasteiger partial charge >= 0.3 is 0 Å². The average Bonchev–Trinajstić information content (AvgIpc) is 3.23. The van der Waals surface area contributed by atoms with Gasteiger partial charge in [0.15, 0.2) is 5.13 Å². The number of rotatable bonds is 6. The van der Waals surface area contributed by atoms with Crippen LogP contribution in [0, 0.1) is 0 Å². The van der Waals surface area contributed by atoms with Crippen molar-refractivity contribution < 1.29 is 9.53 Å². The first-order valence-electron chi connectivity index (χ1n) is 7.54. The van der Waals surface area contributed by atoms with E-state index in [4.69, 9.17) is 4.74 Å². The van der Waals surface area contributed by atoms with Crippen molar-refractivity contribution in [1.82, 2.24) is 9.88 Å². The van der Waals surface area contributed by atoms with Crippen LogP contribution < -0.4 is 9.64 Å². The molecule has 0 fully saturated rings. The molecule has 2 aromatic heterocycles. The quantitative estimate of drug-likeness (QED) is 0.630. The van der Waals surface area contributed by atoms with E-state index < -0.39 is 0 Å². The van der Waals surface area contributed by atoms with Gasteiger partial charge in [0, 0.05) is 13.1 Å². The molecule has 0 aliphatic heterocycles. The summed E-state index contributed by atoms with van der Waals surface area (Å²) in [6.07, 6.45) is 0. The van der Waals surface area contributed by atoms with Crippen molar-refractivity contribution in [1.29, 1.82) is 0 Å². The first-order valence-corrected chi connectivity index (χ1v) is 9.23. The Morgan fingerprint density at radius 2 is 2.00 bits per heavy atom. The van der Waals surface area contributed by atoms with Crippen molar-refractivity contribution in [2.24, 2.45) is 0 Å². The van der Waals surface area contributed by atoms with E-state index in [1.165, 1.54) is 22.7 Å². The van der Waals surface area contributed by atoms with Gasteiger partial charge in [0.25, 0.3) is 5.91 Å². The molecule has 0 saturated heterocycles. The Labute approximate surface area is 161 Å². The number of nitrogens with zero attached hydrogens (tertiary/aromatic N) is 3. The smallest absolute Gasteiger partial charge is 0.270 e. The fourth-order valence-electron chi connectivity index (χ4n) is 2.31. The number of hydrogen-bond donors (Lipinski definition) is 0. The highest BCUT2D eigenvalue weighted by molar-refractivity contribution is 7.22. The Morgan fingerprint density at radius 3 is 2.64 bits per heavy atom. The molecule has 25 heavy (non-hydrogen) atoms. The Morgan fingerprint density at radius 1 is 1.20 bits per heavy atom. The zero-order valence-corrected chi connectivity index (χ0v) is 16.7. The van der Waals surface area contributed by atoms with E-state index in [0.717, 1.165) is 27.4 Å². The lowest BCUT2D eigenvalue weighted by Gasteiger charge is -2.21. The van der Waals surface area contributed by atoms with Gasteiger partial charge in [-0.1, -0.05) is 23.5 Å². The molecule has 0 saturated carbocycles. The normalized spacial score (nSPS) is 10.7. The lowest BCUT2D eigenvalue weighted by atomic mass is 10.3. The van der Waals surface area contributed by atoms with E-state index in [1.54, 1.807) is 12.0 Å². The van der Waals surface area contributed by atoms with Crippen molar-refractivity contribution in [3.8, 4) is 5.75 Å². The number of thiazole rings is 1. The maximum absolute atomic E-state index is 12.9. The topological polar surface area (TPSA) is 45.7 Å². The highest BCUT2D eigenvalue weighted by atomic mass is 35.5. The number of carbonyl (C=O) groups is 1. The van der Waals surface area contributed by atoms with Gasteiger partial charge in [0.1, 0.15) is 11.3 Å². The molecule has 0 atom stereocenters. The number of amides is 1. The summed E-state index contributed by atoms with van der Waals surface area (Å²) in [5.74, 6) is 0.719. The molecule has 1 amide bonds. The first-order chi connectivity index (χ1) is 11.6. The third-order valence-electron chi connectivity index (χ3n) is 3.57. The van der Waals surface area contributed by atoms with E-state index in [9.17, 15) is 4.79 Å². The maximum Gasteiger partial charge on any atom is 0.270 e. The van der Waals surface area contributed by atoms with Gasteiger partial charge in [-0.2, -0.15) is 0 Å². The van der Waals surface area contributed by atoms with Crippen molar-refractivity contribution in [2.75, 3.05) is 39.2 Å². The number of ether oxygens (including phenoxy) is 1. The van der Waals surface area contributed by atoms with Gasteiger partial charge in [0.2, 0.25) is 0 Å². The molecule has 0 unspecified atom stereocenters. The van der Waals surface area contributed by atoms with Crippen LogP contribution in [0.3, 0.4) is 0 Å². The van der Waals surface area contributed by atoms with Crippen molar-refractivity contribution >= 4 is 56.3 Å². The Kier molecular flexibility index (Phi) is 6.78. The number of hydrogen-bond acceptors (Lipinski definition) is 6. The van der Waals surface area contributed by atoms with Gasteiger partial charge < -0.3 is 9.64 Å². The third-order valence-corrected chi connectivity index (χ3v) is 5.47. The first kappa shape index (κ1) is 19.7.